The number of aromatic nitrogens is 3. The van der Waals surface area contributed by atoms with Crippen molar-refractivity contribution in [1.29, 1.82) is 0 Å². The monoisotopic (exact) mass is 449 g/mol. The molecule has 0 radical (unpaired) electrons. The second kappa shape index (κ2) is 8.86. The molecule has 3 heterocycles. The lowest BCUT2D eigenvalue weighted by Gasteiger charge is -2.39. The second-order valence-corrected chi connectivity index (χ2v) is 9.41. The van der Waals surface area contributed by atoms with Crippen LogP contribution in [-0.2, 0) is 4.79 Å². The van der Waals surface area contributed by atoms with Crippen molar-refractivity contribution in [2.75, 3.05) is 19.1 Å². The molecule has 0 bridgehead atoms. The Balaban J connectivity index is 1.53. The average Bonchev–Trinajstić information content (AvgIpc) is 3.27. The number of ether oxygens (including phenoxy) is 1. The summed E-state index contributed by atoms with van der Waals surface area (Å²) in [5, 5.41) is 9.21. The summed E-state index contributed by atoms with van der Waals surface area (Å²) >= 11 is 1.49. The molecule has 32 heavy (non-hydrogen) atoms. The van der Waals surface area contributed by atoms with Gasteiger partial charge in [0.25, 0.3) is 0 Å². The maximum atomic E-state index is 13.7. The van der Waals surface area contributed by atoms with Crippen LogP contribution in [0, 0.1) is 0 Å². The van der Waals surface area contributed by atoms with Crippen LogP contribution in [0.5, 0.6) is 5.75 Å². The molecule has 2 aromatic carbocycles. The molecule has 5 rings (SSSR count). The number of rotatable bonds is 4. The molecule has 0 spiro atoms. The van der Waals surface area contributed by atoms with Gasteiger partial charge in [-0.25, -0.2) is 4.68 Å². The van der Waals surface area contributed by atoms with Crippen molar-refractivity contribution < 1.29 is 9.53 Å². The first-order valence-electron chi connectivity index (χ1n) is 11.0. The normalized spacial score (nSPS) is 22.7. The van der Waals surface area contributed by atoms with Crippen LogP contribution in [-0.4, -0.2) is 50.6 Å². The molecule has 166 valence electrons. The zero-order chi connectivity index (χ0) is 22.1. The van der Waals surface area contributed by atoms with Gasteiger partial charge in [-0.3, -0.25) is 4.79 Å². The lowest BCUT2D eigenvalue weighted by molar-refractivity contribution is -0.134. The zero-order valence-corrected chi connectivity index (χ0v) is 19.1. The number of likely N-dealkylation sites (tertiary alicyclic amines) is 1. The van der Waals surface area contributed by atoms with Crippen molar-refractivity contribution >= 4 is 17.7 Å². The Bertz CT molecular complexity index is 1090. The summed E-state index contributed by atoms with van der Waals surface area (Å²) in [4.78, 5) is 15.8. The summed E-state index contributed by atoms with van der Waals surface area (Å²) < 4.78 is 7.25. The van der Waals surface area contributed by atoms with Crippen LogP contribution in [0.15, 0.2) is 59.8 Å². The van der Waals surface area contributed by atoms with E-state index in [0.29, 0.717) is 5.16 Å². The highest BCUT2D eigenvalue weighted by Crippen LogP contribution is 2.40. The van der Waals surface area contributed by atoms with E-state index in [0.717, 1.165) is 42.1 Å². The van der Waals surface area contributed by atoms with Crippen LogP contribution >= 0.6 is 11.8 Å². The van der Waals surface area contributed by atoms with E-state index < -0.39 is 0 Å². The van der Waals surface area contributed by atoms with Crippen LogP contribution < -0.4 is 10.2 Å². The number of carbonyl (C=O) groups excluding carboxylic acids is 1. The third-order valence-corrected chi connectivity index (χ3v) is 7.48. The van der Waals surface area contributed by atoms with E-state index in [4.69, 9.17) is 4.74 Å². The van der Waals surface area contributed by atoms with Crippen LogP contribution in [0.25, 0.3) is 11.4 Å². The Labute approximate surface area is 192 Å². The van der Waals surface area contributed by atoms with Gasteiger partial charge in [-0.1, -0.05) is 54.2 Å². The number of nitrogens with one attached hydrogen (secondary N) is 1. The minimum absolute atomic E-state index is 0.158. The SMILES string of the molecule is COc1ccc([C@@H]2Nn3c(nnc3-c3ccccc3)S[C@@H]2C(=O)N2CCCC[C@H]2C)cc1. The lowest BCUT2D eigenvalue weighted by atomic mass is 9.99. The highest BCUT2D eigenvalue weighted by molar-refractivity contribution is 8.00. The lowest BCUT2D eigenvalue weighted by Crippen LogP contribution is -2.50. The number of methoxy groups -OCH3 is 1. The molecule has 7 nitrogen and oxygen atoms in total. The molecule has 3 atom stereocenters. The Kier molecular flexibility index (Phi) is 5.78. The molecule has 8 heteroatoms. The number of hydrogen-bond donors (Lipinski definition) is 1. The van der Waals surface area contributed by atoms with Gasteiger partial charge in [-0.05, 0) is 43.9 Å². The summed E-state index contributed by atoms with van der Waals surface area (Å²) in [6.45, 7) is 2.96. The molecule has 3 aromatic rings. The Hall–Kier alpha value is -3.00. The first-order chi connectivity index (χ1) is 15.7. The highest BCUT2D eigenvalue weighted by Gasteiger charge is 2.41. The van der Waals surface area contributed by atoms with Crippen molar-refractivity contribution in [2.24, 2.45) is 0 Å². The number of benzene rings is 2. The fraction of sp³-hybridized carbons (Fsp3) is 0.375. The number of carbonyl (C=O) groups is 1. The Morgan fingerprint density at radius 1 is 1.09 bits per heavy atom. The smallest absolute Gasteiger partial charge is 0.238 e. The van der Waals surface area contributed by atoms with Gasteiger partial charge in [0.2, 0.25) is 11.1 Å². The first kappa shape index (κ1) is 20.9. The maximum Gasteiger partial charge on any atom is 0.238 e. The number of fused-ring (bicyclic) bond motifs is 1. The Morgan fingerprint density at radius 2 is 1.88 bits per heavy atom. The summed E-state index contributed by atoms with van der Waals surface area (Å²) in [5.74, 6) is 1.69. The third kappa shape index (κ3) is 3.83. The van der Waals surface area contributed by atoms with Gasteiger partial charge in [-0.15, -0.1) is 10.2 Å². The van der Waals surface area contributed by atoms with Crippen molar-refractivity contribution in [1.82, 2.24) is 19.8 Å². The van der Waals surface area contributed by atoms with Gasteiger partial charge >= 0.3 is 0 Å². The van der Waals surface area contributed by atoms with E-state index in [9.17, 15) is 4.79 Å². The molecule has 2 aliphatic rings. The molecule has 0 saturated carbocycles. The maximum absolute atomic E-state index is 13.7. The van der Waals surface area contributed by atoms with E-state index in [2.05, 4.69) is 22.5 Å². The third-order valence-electron chi connectivity index (χ3n) is 6.27. The minimum atomic E-state index is -0.329. The average molecular weight is 450 g/mol. The summed E-state index contributed by atoms with van der Waals surface area (Å²) in [7, 11) is 1.66. The van der Waals surface area contributed by atoms with Crippen LogP contribution in [0.3, 0.4) is 0 Å². The second-order valence-electron chi connectivity index (χ2n) is 8.30. The molecule has 0 unspecified atom stereocenters. The standard InChI is InChI=1S/C24H27N5O2S/c1-16-8-6-7-15-28(16)23(30)21-20(17-11-13-19(31-2)14-12-17)27-29-22(25-26-24(29)32-21)18-9-4-3-5-10-18/h3-5,9-14,16,20-21,27H,6-8,15H2,1-2H3/t16-,20+,21+/m1/s1. The van der Waals surface area contributed by atoms with Crippen LogP contribution in [0.4, 0.5) is 0 Å². The largest absolute Gasteiger partial charge is 0.497 e. The van der Waals surface area contributed by atoms with E-state index in [1.165, 1.54) is 18.2 Å². The summed E-state index contributed by atoms with van der Waals surface area (Å²) in [5.41, 5.74) is 5.57. The van der Waals surface area contributed by atoms with E-state index >= 15 is 0 Å². The summed E-state index contributed by atoms with van der Waals surface area (Å²) in [6.07, 6.45) is 3.29. The van der Waals surface area contributed by atoms with E-state index in [1.54, 1.807) is 7.11 Å². The molecule has 1 amide bonds. The van der Waals surface area contributed by atoms with Crippen molar-refractivity contribution in [3.63, 3.8) is 0 Å². The van der Waals surface area contributed by atoms with Crippen LogP contribution in [0.1, 0.15) is 37.8 Å². The Morgan fingerprint density at radius 3 is 2.59 bits per heavy atom. The van der Waals surface area contributed by atoms with Gasteiger partial charge in [0.05, 0.1) is 13.2 Å². The van der Waals surface area contributed by atoms with Gasteiger partial charge in [-0.2, -0.15) is 0 Å². The molecule has 2 aliphatic heterocycles. The molecular weight excluding hydrogens is 422 g/mol. The highest BCUT2D eigenvalue weighted by atomic mass is 32.2. The predicted octanol–water partition coefficient (Wildman–Crippen LogP) is 4.11. The fourth-order valence-electron chi connectivity index (χ4n) is 4.47. The molecule has 1 aromatic heterocycles. The van der Waals surface area contributed by atoms with Crippen LogP contribution in [0.2, 0.25) is 0 Å². The fourth-order valence-corrected chi connectivity index (χ4v) is 5.62. The molecular formula is C24H27N5O2S. The van der Waals surface area contributed by atoms with Gasteiger partial charge in [0.1, 0.15) is 11.0 Å². The number of hydrogen-bond acceptors (Lipinski definition) is 6. The molecule has 1 fully saturated rings. The minimum Gasteiger partial charge on any atom is -0.497 e. The van der Waals surface area contributed by atoms with E-state index in [-0.39, 0.29) is 23.2 Å². The predicted molar refractivity (Wildman–Crippen MR) is 125 cm³/mol. The van der Waals surface area contributed by atoms with Gasteiger partial charge < -0.3 is 15.1 Å². The van der Waals surface area contributed by atoms with Crippen molar-refractivity contribution in [2.45, 2.75) is 48.7 Å². The number of thioether (sulfide) groups is 1. The first-order valence-corrected chi connectivity index (χ1v) is 11.9. The van der Waals surface area contributed by atoms with Gasteiger partial charge in [0.15, 0.2) is 5.82 Å². The summed E-state index contributed by atoms with van der Waals surface area (Å²) in [6, 6.07) is 17.9. The number of amides is 1. The number of nitrogens with zero attached hydrogens (tertiary/aromatic N) is 4. The molecule has 1 saturated heterocycles. The van der Waals surface area contributed by atoms with Gasteiger partial charge in [0, 0.05) is 18.2 Å². The quantitative estimate of drug-likeness (QED) is 0.646. The zero-order valence-electron chi connectivity index (χ0n) is 18.3. The molecule has 0 aliphatic carbocycles. The van der Waals surface area contributed by atoms with E-state index in [1.807, 2.05) is 64.2 Å². The van der Waals surface area contributed by atoms with Crippen molar-refractivity contribution in [3.8, 4) is 17.1 Å². The topological polar surface area (TPSA) is 72.3 Å². The van der Waals surface area contributed by atoms with Crippen molar-refractivity contribution in [3.05, 3.63) is 60.2 Å². The number of piperidine rings is 1. The molecule has 1 N–H and O–H groups in total.